The van der Waals surface area contributed by atoms with Gasteiger partial charge in [-0.05, 0) is 30.3 Å². The van der Waals surface area contributed by atoms with Crippen molar-refractivity contribution in [2.24, 2.45) is 0 Å². The van der Waals surface area contributed by atoms with Gasteiger partial charge in [0.1, 0.15) is 16.6 Å². The predicted molar refractivity (Wildman–Crippen MR) is 109 cm³/mol. The Morgan fingerprint density at radius 1 is 0.724 bits per heavy atom. The van der Waals surface area contributed by atoms with Gasteiger partial charge >= 0.3 is 7.25 Å². The van der Waals surface area contributed by atoms with E-state index in [0.717, 1.165) is 11.5 Å². The predicted octanol–water partition coefficient (Wildman–Crippen LogP) is 6.56. The normalized spacial score (nSPS) is 12.9. The minimum Gasteiger partial charge on any atom is -0.497 e. The first-order valence-electron chi connectivity index (χ1n) is 8.51. The van der Waals surface area contributed by atoms with Crippen LogP contribution in [-0.2, 0) is 10.9 Å². The molecule has 0 atom stereocenters. The molecule has 0 amide bonds. The third-order valence-corrected chi connectivity index (χ3v) is 7.73. The van der Waals surface area contributed by atoms with Crippen molar-refractivity contribution in [2.75, 3.05) is 14.2 Å². The molecule has 0 radical (unpaired) electrons. The van der Waals surface area contributed by atoms with E-state index < -0.39 is 7.25 Å². The van der Waals surface area contributed by atoms with Gasteiger partial charge in [0.05, 0.1) is 24.0 Å². The number of benzene rings is 3. The lowest BCUT2D eigenvalue weighted by Crippen LogP contribution is -2.12. The molecule has 0 aromatic heterocycles. The molecule has 3 aromatic carbocycles. The summed E-state index contributed by atoms with van der Waals surface area (Å²) >= 11 is 1.84. The summed E-state index contributed by atoms with van der Waals surface area (Å²) in [5, 5.41) is 0. The molecular formula is C20H17BF4O2S2. The van der Waals surface area contributed by atoms with E-state index in [9.17, 15) is 17.3 Å². The second-order valence-corrected chi connectivity index (χ2v) is 8.83. The van der Waals surface area contributed by atoms with Gasteiger partial charge in [0.2, 0.25) is 4.90 Å². The van der Waals surface area contributed by atoms with E-state index in [4.69, 9.17) is 9.47 Å². The van der Waals surface area contributed by atoms with Crippen molar-refractivity contribution >= 4 is 29.9 Å². The molecule has 0 fully saturated rings. The van der Waals surface area contributed by atoms with E-state index >= 15 is 0 Å². The number of hydrogen-bond acceptors (Lipinski definition) is 3. The van der Waals surface area contributed by atoms with E-state index in [1.165, 1.54) is 24.5 Å². The molecule has 0 bridgehead atoms. The van der Waals surface area contributed by atoms with Crippen molar-refractivity contribution < 1.29 is 26.7 Å². The Morgan fingerprint density at radius 2 is 1.24 bits per heavy atom. The van der Waals surface area contributed by atoms with Crippen LogP contribution in [0.3, 0.4) is 0 Å². The van der Waals surface area contributed by atoms with Crippen LogP contribution in [0.15, 0.2) is 91.2 Å². The molecule has 29 heavy (non-hydrogen) atoms. The lowest BCUT2D eigenvalue weighted by molar-refractivity contribution is 0.368. The fourth-order valence-corrected chi connectivity index (χ4v) is 6.67. The largest absolute Gasteiger partial charge is 0.673 e. The van der Waals surface area contributed by atoms with Crippen LogP contribution in [0.5, 0.6) is 11.5 Å². The number of fused-ring (bicyclic) bond motifs is 2. The molecule has 1 aliphatic heterocycles. The lowest BCUT2D eigenvalue weighted by Gasteiger charge is -2.20. The van der Waals surface area contributed by atoms with Crippen LogP contribution < -0.4 is 9.47 Å². The van der Waals surface area contributed by atoms with Crippen molar-refractivity contribution in [2.45, 2.75) is 24.5 Å². The minimum absolute atomic E-state index is 0.181. The zero-order valence-electron chi connectivity index (χ0n) is 15.6. The van der Waals surface area contributed by atoms with Gasteiger partial charge in [-0.3, -0.25) is 0 Å². The Balaban J connectivity index is 0.000000431. The first-order chi connectivity index (χ1) is 13.8. The molecular weight excluding hydrogens is 423 g/mol. The first kappa shape index (κ1) is 21.5. The summed E-state index contributed by atoms with van der Waals surface area (Å²) < 4.78 is 50.0. The van der Waals surface area contributed by atoms with Crippen LogP contribution >= 0.6 is 11.8 Å². The van der Waals surface area contributed by atoms with Crippen molar-refractivity contribution in [3.63, 3.8) is 0 Å². The Bertz CT molecular complexity index is 947. The summed E-state index contributed by atoms with van der Waals surface area (Å²) in [5.41, 5.74) is 0. The highest BCUT2D eigenvalue weighted by atomic mass is 32.2. The van der Waals surface area contributed by atoms with Gasteiger partial charge in [0, 0.05) is 12.1 Å². The maximum atomic E-state index is 9.75. The van der Waals surface area contributed by atoms with Gasteiger partial charge in [-0.15, -0.1) is 0 Å². The number of methoxy groups -OCH3 is 2. The summed E-state index contributed by atoms with van der Waals surface area (Å²) in [6.45, 7) is 0. The molecule has 3 aromatic rings. The third kappa shape index (κ3) is 5.22. The molecule has 4 rings (SSSR count). The molecule has 0 saturated heterocycles. The van der Waals surface area contributed by atoms with Crippen LogP contribution in [0.4, 0.5) is 17.3 Å². The highest BCUT2D eigenvalue weighted by molar-refractivity contribution is 8.04. The van der Waals surface area contributed by atoms with Crippen molar-refractivity contribution in [1.29, 1.82) is 0 Å². The van der Waals surface area contributed by atoms with Gasteiger partial charge in [0.15, 0.2) is 15.5 Å². The second kappa shape index (κ2) is 9.05. The number of halogens is 4. The highest BCUT2D eigenvalue weighted by Gasteiger charge is 2.39. The maximum absolute atomic E-state index is 9.75. The molecule has 2 nitrogen and oxygen atoms in total. The zero-order chi connectivity index (χ0) is 21.0. The minimum atomic E-state index is -6.00. The SMILES string of the molecule is COc1ccc([S+]2c3ccccc3Sc3ccccc32)c(OC)c1.F[B-](F)(F)F. The quantitative estimate of drug-likeness (QED) is 0.204. The zero-order valence-corrected chi connectivity index (χ0v) is 17.2. The van der Waals surface area contributed by atoms with Gasteiger partial charge in [0.25, 0.3) is 0 Å². The van der Waals surface area contributed by atoms with Crippen molar-refractivity contribution in [3.05, 3.63) is 66.7 Å². The molecule has 0 saturated carbocycles. The first-order valence-corrected chi connectivity index (χ1v) is 10.6. The van der Waals surface area contributed by atoms with E-state index in [0.29, 0.717) is 0 Å². The summed E-state index contributed by atoms with van der Waals surface area (Å²) in [6, 6.07) is 23.4. The topological polar surface area (TPSA) is 18.5 Å². The van der Waals surface area contributed by atoms with E-state index in [1.807, 2.05) is 23.9 Å². The Morgan fingerprint density at radius 3 is 1.72 bits per heavy atom. The van der Waals surface area contributed by atoms with Crippen LogP contribution in [-0.4, -0.2) is 21.5 Å². The Labute approximate surface area is 173 Å². The fraction of sp³-hybridized carbons (Fsp3) is 0.100. The van der Waals surface area contributed by atoms with Gasteiger partial charge in [-0.25, -0.2) is 0 Å². The molecule has 1 heterocycles. The molecule has 0 spiro atoms. The third-order valence-electron chi connectivity index (χ3n) is 3.95. The molecule has 0 unspecified atom stereocenters. The number of hydrogen-bond donors (Lipinski definition) is 0. The van der Waals surface area contributed by atoms with Crippen LogP contribution in [0.2, 0.25) is 0 Å². The van der Waals surface area contributed by atoms with E-state index in [-0.39, 0.29) is 10.9 Å². The van der Waals surface area contributed by atoms with Gasteiger partial charge in [-0.1, -0.05) is 36.0 Å². The van der Waals surface area contributed by atoms with Crippen molar-refractivity contribution in [3.8, 4) is 11.5 Å². The number of ether oxygens (including phenoxy) is 2. The smallest absolute Gasteiger partial charge is 0.497 e. The summed E-state index contributed by atoms with van der Waals surface area (Å²) in [6.07, 6.45) is 0. The second-order valence-electron chi connectivity index (χ2n) is 5.81. The maximum Gasteiger partial charge on any atom is 0.673 e. The lowest BCUT2D eigenvalue weighted by atomic mass is 10.3. The van der Waals surface area contributed by atoms with Gasteiger partial charge < -0.3 is 26.7 Å². The molecule has 0 N–H and O–H groups in total. The fourth-order valence-electron chi connectivity index (χ4n) is 2.82. The monoisotopic (exact) mass is 440 g/mol. The number of rotatable bonds is 3. The molecule has 9 heteroatoms. The van der Waals surface area contributed by atoms with Gasteiger partial charge in [-0.2, -0.15) is 0 Å². The molecule has 1 aliphatic rings. The Hall–Kier alpha value is -2.26. The average Bonchev–Trinajstić information content (AvgIpc) is 2.70. The van der Waals surface area contributed by atoms with Crippen LogP contribution in [0.1, 0.15) is 0 Å². The standard InChI is InChI=1S/C20H17O2S2.BF4/c1-21-14-11-12-18(15(13-14)22-2)24-19-9-5-3-7-16(19)23-17-8-4-6-10-20(17)24;2-1(3,4)5/h3-13H,1-2H3;/q+1;-1. The summed E-state index contributed by atoms with van der Waals surface area (Å²) in [7, 11) is -2.78. The average molecular weight is 440 g/mol. The van der Waals surface area contributed by atoms with Crippen LogP contribution in [0, 0.1) is 0 Å². The highest BCUT2D eigenvalue weighted by Crippen LogP contribution is 2.50. The van der Waals surface area contributed by atoms with E-state index in [1.54, 1.807) is 14.2 Å². The summed E-state index contributed by atoms with van der Waals surface area (Å²) in [5.74, 6) is 1.68. The summed E-state index contributed by atoms with van der Waals surface area (Å²) in [4.78, 5) is 6.53. The Kier molecular flexibility index (Phi) is 6.69. The molecule has 0 aliphatic carbocycles. The molecule has 152 valence electrons. The van der Waals surface area contributed by atoms with E-state index in [2.05, 4.69) is 54.6 Å². The van der Waals surface area contributed by atoms with Crippen molar-refractivity contribution in [1.82, 2.24) is 0 Å². The van der Waals surface area contributed by atoms with Crippen LogP contribution in [0.25, 0.3) is 0 Å².